The Morgan fingerprint density at radius 2 is 2.00 bits per heavy atom. The molecule has 0 spiro atoms. The summed E-state index contributed by atoms with van der Waals surface area (Å²) in [6, 6.07) is 7.51. The summed E-state index contributed by atoms with van der Waals surface area (Å²) in [5, 5.41) is 0.312. The van der Waals surface area contributed by atoms with Crippen LogP contribution in [0.15, 0.2) is 35.5 Å². The number of likely N-dealkylation sites (tertiary alicyclic amines) is 1. The number of hydrogen-bond donors (Lipinski definition) is 0. The lowest BCUT2D eigenvalue weighted by Gasteiger charge is -2.33. The van der Waals surface area contributed by atoms with E-state index < -0.39 is 16.4 Å². The Bertz CT molecular complexity index is 803. The molecular formula is C18H23N3O3S. The number of piperidine rings is 1. The minimum atomic E-state index is -1.31. The average Bonchev–Trinajstić information content (AvgIpc) is 2.59. The summed E-state index contributed by atoms with van der Waals surface area (Å²) < 4.78 is 18.4. The van der Waals surface area contributed by atoms with Crippen LogP contribution in [0.4, 0.5) is 4.79 Å². The largest absolute Gasteiger partial charge is 0.444 e. The van der Waals surface area contributed by atoms with E-state index in [4.69, 9.17) is 4.74 Å². The van der Waals surface area contributed by atoms with Gasteiger partial charge in [-0.1, -0.05) is 12.1 Å². The van der Waals surface area contributed by atoms with E-state index in [0.717, 1.165) is 23.9 Å². The number of fused-ring (bicyclic) bond motifs is 1. The lowest BCUT2D eigenvalue weighted by Crippen LogP contribution is -2.45. The van der Waals surface area contributed by atoms with E-state index in [1.807, 2.05) is 45.0 Å². The molecule has 1 saturated heterocycles. The number of para-hydroxylation sites is 2. The SMILES string of the molecule is CC(C)(C)OC(=O)N1CCC[C@H]([S@](=O)c2cnc3ccccc3n2)C1. The zero-order valence-corrected chi connectivity index (χ0v) is 15.6. The van der Waals surface area contributed by atoms with Crippen molar-refractivity contribution >= 4 is 27.9 Å². The molecule has 0 bridgehead atoms. The van der Waals surface area contributed by atoms with Gasteiger partial charge < -0.3 is 9.64 Å². The summed E-state index contributed by atoms with van der Waals surface area (Å²) >= 11 is 0. The van der Waals surface area contributed by atoms with E-state index in [9.17, 15) is 9.00 Å². The molecule has 134 valence electrons. The highest BCUT2D eigenvalue weighted by Crippen LogP contribution is 2.22. The van der Waals surface area contributed by atoms with Gasteiger partial charge in [0.05, 0.1) is 33.3 Å². The maximum atomic E-state index is 12.9. The van der Waals surface area contributed by atoms with Crippen LogP contribution in [0.1, 0.15) is 33.6 Å². The van der Waals surface area contributed by atoms with E-state index in [2.05, 4.69) is 9.97 Å². The van der Waals surface area contributed by atoms with Gasteiger partial charge in [0.1, 0.15) is 10.6 Å². The molecule has 7 heteroatoms. The highest BCUT2D eigenvalue weighted by atomic mass is 32.2. The second-order valence-corrected chi connectivity index (χ2v) is 8.86. The van der Waals surface area contributed by atoms with Crippen LogP contribution < -0.4 is 0 Å². The van der Waals surface area contributed by atoms with Gasteiger partial charge in [0.15, 0.2) is 0 Å². The molecule has 0 unspecified atom stereocenters. The van der Waals surface area contributed by atoms with Crippen LogP contribution in [0, 0.1) is 0 Å². The summed E-state index contributed by atoms with van der Waals surface area (Å²) in [5.74, 6) is 0. The van der Waals surface area contributed by atoms with Gasteiger partial charge in [-0.15, -0.1) is 0 Å². The van der Waals surface area contributed by atoms with Crippen LogP contribution in [0.3, 0.4) is 0 Å². The van der Waals surface area contributed by atoms with E-state index in [0.29, 0.717) is 18.1 Å². The number of rotatable bonds is 2. The molecule has 2 atom stereocenters. The van der Waals surface area contributed by atoms with Gasteiger partial charge >= 0.3 is 6.09 Å². The van der Waals surface area contributed by atoms with Crippen molar-refractivity contribution in [1.82, 2.24) is 14.9 Å². The molecule has 0 radical (unpaired) electrons. The predicted molar refractivity (Wildman–Crippen MR) is 96.8 cm³/mol. The van der Waals surface area contributed by atoms with Crippen molar-refractivity contribution < 1.29 is 13.7 Å². The van der Waals surface area contributed by atoms with E-state index in [1.165, 1.54) is 0 Å². The molecule has 1 amide bonds. The topological polar surface area (TPSA) is 72.4 Å². The number of carbonyl (C=O) groups is 1. The van der Waals surface area contributed by atoms with Gasteiger partial charge in [-0.25, -0.2) is 9.78 Å². The van der Waals surface area contributed by atoms with Gasteiger partial charge in [-0.05, 0) is 45.7 Å². The van der Waals surface area contributed by atoms with Crippen LogP contribution in [-0.4, -0.2) is 49.1 Å². The molecule has 1 aliphatic heterocycles. The molecule has 6 nitrogen and oxygen atoms in total. The zero-order chi connectivity index (χ0) is 18.0. The highest BCUT2D eigenvalue weighted by molar-refractivity contribution is 7.85. The number of aromatic nitrogens is 2. The van der Waals surface area contributed by atoms with Crippen LogP contribution in [0.25, 0.3) is 11.0 Å². The second-order valence-electron chi connectivity index (χ2n) is 7.18. The minimum Gasteiger partial charge on any atom is -0.444 e. The Kier molecular flexibility index (Phi) is 5.03. The molecule has 3 rings (SSSR count). The standard InChI is InChI=1S/C18H23N3O3S/c1-18(2,3)24-17(22)21-10-6-7-13(12-21)25(23)16-11-19-14-8-4-5-9-15(14)20-16/h4-5,8-9,11,13H,6-7,10,12H2,1-3H3/t13-,25-/m0/s1. The van der Waals surface area contributed by atoms with Crippen molar-refractivity contribution in [3.8, 4) is 0 Å². The summed E-state index contributed by atoms with van der Waals surface area (Å²) in [6.07, 6.45) is 2.82. The molecule has 2 aromatic rings. The molecular weight excluding hydrogens is 338 g/mol. The first-order valence-corrected chi connectivity index (χ1v) is 9.65. The predicted octanol–water partition coefficient (Wildman–Crippen LogP) is 3.14. The molecule has 25 heavy (non-hydrogen) atoms. The maximum absolute atomic E-state index is 12.9. The number of benzene rings is 1. The molecule has 1 fully saturated rings. The smallest absolute Gasteiger partial charge is 0.410 e. The Morgan fingerprint density at radius 3 is 2.72 bits per heavy atom. The molecule has 1 aromatic heterocycles. The van der Waals surface area contributed by atoms with Crippen LogP contribution >= 0.6 is 0 Å². The van der Waals surface area contributed by atoms with Crippen LogP contribution in [-0.2, 0) is 15.5 Å². The van der Waals surface area contributed by atoms with Crippen molar-refractivity contribution in [3.05, 3.63) is 30.5 Å². The van der Waals surface area contributed by atoms with Crippen molar-refractivity contribution in [3.63, 3.8) is 0 Å². The number of amides is 1. The Morgan fingerprint density at radius 1 is 1.28 bits per heavy atom. The summed E-state index contributed by atoms with van der Waals surface area (Å²) in [5.41, 5.74) is 0.975. The summed E-state index contributed by atoms with van der Waals surface area (Å²) in [7, 11) is -1.31. The first-order valence-electron chi connectivity index (χ1n) is 8.44. The Hall–Kier alpha value is -2.02. The number of hydrogen-bond acceptors (Lipinski definition) is 5. The van der Waals surface area contributed by atoms with Gasteiger partial charge in [-0.2, -0.15) is 0 Å². The highest BCUT2D eigenvalue weighted by Gasteiger charge is 2.31. The summed E-state index contributed by atoms with van der Waals surface area (Å²) in [6.45, 7) is 6.57. The molecule has 0 N–H and O–H groups in total. The number of nitrogens with zero attached hydrogens (tertiary/aromatic N) is 3. The third-order valence-corrected chi connectivity index (χ3v) is 5.56. The van der Waals surface area contributed by atoms with Gasteiger partial charge in [0.25, 0.3) is 0 Å². The quantitative estimate of drug-likeness (QED) is 0.822. The first kappa shape index (κ1) is 17.8. The lowest BCUT2D eigenvalue weighted by atomic mass is 10.1. The Labute approximate surface area is 150 Å². The van der Waals surface area contributed by atoms with Crippen LogP contribution in [0.2, 0.25) is 0 Å². The number of ether oxygens (including phenoxy) is 1. The monoisotopic (exact) mass is 361 g/mol. The lowest BCUT2D eigenvalue weighted by molar-refractivity contribution is 0.0219. The fourth-order valence-electron chi connectivity index (χ4n) is 2.81. The van der Waals surface area contributed by atoms with Crippen molar-refractivity contribution in [2.45, 2.75) is 49.5 Å². The first-order chi connectivity index (χ1) is 11.8. The van der Waals surface area contributed by atoms with Gasteiger partial charge in [0.2, 0.25) is 0 Å². The summed E-state index contributed by atoms with van der Waals surface area (Å²) in [4.78, 5) is 22.7. The van der Waals surface area contributed by atoms with E-state index in [1.54, 1.807) is 11.1 Å². The third kappa shape index (κ3) is 4.34. The minimum absolute atomic E-state index is 0.156. The molecule has 2 heterocycles. The maximum Gasteiger partial charge on any atom is 0.410 e. The van der Waals surface area contributed by atoms with Crippen LogP contribution in [0.5, 0.6) is 0 Å². The van der Waals surface area contributed by atoms with Gasteiger partial charge in [0, 0.05) is 13.1 Å². The molecule has 1 aromatic carbocycles. The normalized spacial score (nSPS) is 19.6. The molecule has 0 aliphatic carbocycles. The molecule has 0 saturated carbocycles. The fourth-order valence-corrected chi connectivity index (χ4v) is 4.20. The number of carbonyl (C=O) groups excluding carboxylic acids is 1. The van der Waals surface area contributed by atoms with Gasteiger partial charge in [-0.3, -0.25) is 9.19 Å². The van der Waals surface area contributed by atoms with E-state index >= 15 is 0 Å². The Balaban J connectivity index is 1.73. The fraction of sp³-hybridized carbons (Fsp3) is 0.500. The third-order valence-electron chi connectivity index (χ3n) is 3.97. The van der Waals surface area contributed by atoms with E-state index in [-0.39, 0.29) is 11.3 Å². The second kappa shape index (κ2) is 7.07. The average molecular weight is 361 g/mol. The molecule has 1 aliphatic rings. The zero-order valence-electron chi connectivity index (χ0n) is 14.8. The van der Waals surface area contributed by atoms with Crippen molar-refractivity contribution in [2.24, 2.45) is 0 Å². The van der Waals surface area contributed by atoms with Crippen molar-refractivity contribution in [2.75, 3.05) is 13.1 Å². The van der Waals surface area contributed by atoms with Crippen molar-refractivity contribution in [1.29, 1.82) is 0 Å².